The first-order valence-corrected chi connectivity index (χ1v) is 5.96. The minimum atomic E-state index is 0.0571. The molecule has 2 heterocycles. The molecule has 0 aliphatic carbocycles. The largest absolute Gasteiger partial charge is 0.338 e. The van der Waals surface area contributed by atoms with E-state index in [-0.39, 0.29) is 11.3 Å². The van der Waals surface area contributed by atoms with Crippen LogP contribution < -0.4 is 0 Å². The molecule has 1 saturated heterocycles. The van der Waals surface area contributed by atoms with Crippen LogP contribution in [0.5, 0.6) is 0 Å². The predicted octanol–water partition coefficient (Wildman–Crippen LogP) is 1.81. The van der Waals surface area contributed by atoms with E-state index >= 15 is 0 Å². The number of H-pyrrole nitrogens is 1. The monoisotopic (exact) mass is 241 g/mol. The number of rotatable bonds is 1. The Morgan fingerprint density at radius 1 is 1.69 bits per heavy atom. The highest BCUT2D eigenvalue weighted by Gasteiger charge is 2.28. The number of aryl methyl sites for hydroxylation is 1. The SMILES string of the molecule is Cc1[nH]ncc1C(=O)N1CCC(Cl)C(C)C1. The number of nitrogens with zero attached hydrogens (tertiary/aromatic N) is 2. The Morgan fingerprint density at radius 3 is 3.00 bits per heavy atom. The van der Waals surface area contributed by atoms with Gasteiger partial charge in [-0.15, -0.1) is 11.6 Å². The summed E-state index contributed by atoms with van der Waals surface area (Å²) in [5.41, 5.74) is 1.49. The van der Waals surface area contributed by atoms with Crippen molar-refractivity contribution in [3.05, 3.63) is 17.5 Å². The van der Waals surface area contributed by atoms with Crippen molar-refractivity contribution < 1.29 is 4.79 Å². The van der Waals surface area contributed by atoms with E-state index < -0.39 is 0 Å². The fraction of sp³-hybridized carbons (Fsp3) is 0.636. The van der Waals surface area contributed by atoms with Crippen LogP contribution in [0.3, 0.4) is 0 Å². The van der Waals surface area contributed by atoms with Crippen molar-refractivity contribution in [1.29, 1.82) is 0 Å². The molecule has 4 nitrogen and oxygen atoms in total. The summed E-state index contributed by atoms with van der Waals surface area (Å²) in [5.74, 6) is 0.410. The first-order valence-electron chi connectivity index (χ1n) is 5.53. The topological polar surface area (TPSA) is 49.0 Å². The zero-order valence-electron chi connectivity index (χ0n) is 9.53. The number of halogens is 1. The number of hydrogen-bond acceptors (Lipinski definition) is 2. The highest BCUT2D eigenvalue weighted by molar-refractivity contribution is 6.20. The molecule has 88 valence electrons. The van der Waals surface area contributed by atoms with Crippen molar-refractivity contribution in [2.45, 2.75) is 25.6 Å². The van der Waals surface area contributed by atoms with Gasteiger partial charge < -0.3 is 4.90 Å². The molecule has 1 aliphatic heterocycles. The summed E-state index contributed by atoms with van der Waals surface area (Å²) in [6, 6.07) is 0. The highest BCUT2D eigenvalue weighted by Crippen LogP contribution is 2.23. The normalized spacial score (nSPS) is 25.8. The van der Waals surface area contributed by atoms with Crippen molar-refractivity contribution in [2.75, 3.05) is 13.1 Å². The van der Waals surface area contributed by atoms with Gasteiger partial charge in [0.1, 0.15) is 0 Å². The molecule has 0 radical (unpaired) electrons. The van der Waals surface area contributed by atoms with E-state index in [0.29, 0.717) is 11.5 Å². The van der Waals surface area contributed by atoms with Gasteiger partial charge in [-0.2, -0.15) is 5.10 Å². The summed E-state index contributed by atoms with van der Waals surface area (Å²) in [5, 5.41) is 6.85. The molecule has 16 heavy (non-hydrogen) atoms. The van der Waals surface area contributed by atoms with Crippen molar-refractivity contribution in [1.82, 2.24) is 15.1 Å². The number of amides is 1. The van der Waals surface area contributed by atoms with Crippen molar-refractivity contribution in [3.63, 3.8) is 0 Å². The first kappa shape index (κ1) is 11.5. The third-order valence-corrected chi connectivity index (χ3v) is 3.80. The van der Waals surface area contributed by atoms with E-state index in [0.717, 1.165) is 25.2 Å². The Bertz CT molecular complexity index is 390. The molecule has 2 unspecified atom stereocenters. The van der Waals surface area contributed by atoms with Gasteiger partial charge in [0, 0.05) is 24.2 Å². The summed E-state index contributed by atoms with van der Waals surface area (Å²) >= 11 is 6.14. The van der Waals surface area contributed by atoms with Gasteiger partial charge in [0.2, 0.25) is 0 Å². The average molecular weight is 242 g/mol. The van der Waals surface area contributed by atoms with E-state index in [2.05, 4.69) is 17.1 Å². The highest BCUT2D eigenvalue weighted by atomic mass is 35.5. The number of likely N-dealkylation sites (tertiary alicyclic amines) is 1. The van der Waals surface area contributed by atoms with Gasteiger partial charge in [-0.25, -0.2) is 0 Å². The van der Waals surface area contributed by atoms with Gasteiger partial charge in [-0.3, -0.25) is 9.89 Å². The third kappa shape index (κ3) is 2.07. The van der Waals surface area contributed by atoms with Gasteiger partial charge in [0.15, 0.2) is 0 Å². The lowest BCUT2D eigenvalue weighted by Gasteiger charge is -2.34. The minimum Gasteiger partial charge on any atom is -0.338 e. The standard InChI is InChI=1S/C11H16ClN3O/c1-7-6-15(4-3-10(7)12)11(16)9-5-13-14-8(9)2/h5,7,10H,3-4,6H2,1-2H3,(H,13,14). The molecule has 1 aromatic heterocycles. The van der Waals surface area contributed by atoms with E-state index in [1.54, 1.807) is 6.20 Å². The van der Waals surface area contributed by atoms with Crippen LogP contribution >= 0.6 is 11.6 Å². The zero-order chi connectivity index (χ0) is 11.7. The summed E-state index contributed by atoms with van der Waals surface area (Å²) in [6.45, 7) is 5.41. The maximum Gasteiger partial charge on any atom is 0.257 e. The smallest absolute Gasteiger partial charge is 0.257 e. The van der Waals surface area contributed by atoms with Gasteiger partial charge in [0.05, 0.1) is 11.8 Å². The Balaban J connectivity index is 2.09. The molecule has 5 heteroatoms. The lowest BCUT2D eigenvalue weighted by atomic mass is 9.99. The molecule has 1 aliphatic rings. The van der Waals surface area contributed by atoms with Crippen LogP contribution in [0.1, 0.15) is 29.4 Å². The van der Waals surface area contributed by atoms with Crippen LogP contribution in [0, 0.1) is 12.8 Å². The van der Waals surface area contributed by atoms with E-state index in [9.17, 15) is 4.79 Å². The molecule has 2 rings (SSSR count). The van der Waals surface area contributed by atoms with Crippen LogP contribution in [0.15, 0.2) is 6.20 Å². The van der Waals surface area contributed by atoms with Crippen molar-refractivity contribution in [2.24, 2.45) is 5.92 Å². The van der Waals surface area contributed by atoms with Gasteiger partial charge in [0.25, 0.3) is 5.91 Å². The van der Waals surface area contributed by atoms with E-state index in [1.807, 2.05) is 11.8 Å². The number of hydrogen-bond donors (Lipinski definition) is 1. The molecule has 0 saturated carbocycles. The fourth-order valence-corrected chi connectivity index (χ4v) is 2.22. The van der Waals surface area contributed by atoms with Gasteiger partial charge in [-0.1, -0.05) is 6.92 Å². The second-order valence-electron chi connectivity index (χ2n) is 4.44. The van der Waals surface area contributed by atoms with Crippen LogP contribution in [0.4, 0.5) is 0 Å². The number of carbonyl (C=O) groups is 1. The molecule has 2 atom stereocenters. The lowest BCUT2D eigenvalue weighted by molar-refractivity contribution is 0.0686. The molecule has 0 spiro atoms. The predicted molar refractivity (Wildman–Crippen MR) is 62.7 cm³/mol. The zero-order valence-corrected chi connectivity index (χ0v) is 10.3. The van der Waals surface area contributed by atoms with Gasteiger partial charge >= 0.3 is 0 Å². The molecular formula is C11H16ClN3O. The summed E-state index contributed by atoms with van der Waals surface area (Å²) < 4.78 is 0. The van der Waals surface area contributed by atoms with E-state index in [1.165, 1.54) is 0 Å². The number of aromatic nitrogens is 2. The fourth-order valence-electron chi connectivity index (χ4n) is 2.04. The molecule has 1 amide bonds. The Hall–Kier alpha value is -1.03. The molecule has 1 aromatic rings. The summed E-state index contributed by atoms with van der Waals surface area (Å²) in [4.78, 5) is 14.0. The maximum atomic E-state index is 12.2. The lowest BCUT2D eigenvalue weighted by Crippen LogP contribution is -2.43. The number of nitrogens with one attached hydrogen (secondary N) is 1. The average Bonchev–Trinajstić information content (AvgIpc) is 2.67. The Kier molecular flexibility index (Phi) is 3.19. The van der Waals surface area contributed by atoms with Crippen LogP contribution in [0.2, 0.25) is 0 Å². The number of carbonyl (C=O) groups excluding carboxylic acids is 1. The summed E-state index contributed by atoms with van der Waals surface area (Å²) in [6.07, 6.45) is 2.46. The van der Waals surface area contributed by atoms with Crippen molar-refractivity contribution >= 4 is 17.5 Å². The molecular weight excluding hydrogens is 226 g/mol. The third-order valence-electron chi connectivity index (χ3n) is 3.15. The maximum absolute atomic E-state index is 12.2. The van der Waals surface area contributed by atoms with E-state index in [4.69, 9.17) is 11.6 Å². The number of alkyl halides is 1. The van der Waals surface area contributed by atoms with Gasteiger partial charge in [-0.05, 0) is 19.3 Å². The van der Waals surface area contributed by atoms with Crippen LogP contribution in [-0.2, 0) is 0 Å². The molecule has 1 fully saturated rings. The minimum absolute atomic E-state index is 0.0571. The van der Waals surface area contributed by atoms with Crippen molar-refractivity contribution in [3.8, 4) is 0 Å². The second kappa shape index (κ2) is 4.45. The van der Waals surface area contributed by atoms with Crippen LogP contribution in [0.25, 0.3) is 0 Å². The summed E-state index contributed by atoms with van der Waals surface area (Å²) in [7, 11) is 0. The Labute approximate surface area is 100.0 Å². The molecule has 1 N–H and O–H groups in total. The Morgan fingerprint density at radius 2 is 2.44 bits per heavy atom. The first-order chi connectivity index (χ1) is 7.59. The second-order valence-corrected chi connectivity index (χ2v) is 5.00. The quantitative estimate of drug-likeness (QED) is 0.763. The number of aromatic amines is 1. The molecule has 0 bridgehead atoms. The number of piperidine rings is 1. The molecule has 0 aromatic carbocycles. The van der Waals surface area contributed by atoms with Crippen LogP contribution in [-0.4, -0.2) is 39.5 Å².